The largest absolute Gasteiger partial charge is 0.361 e. The van der Waals surface area contributed by atoms with Gasteiger partial charge in [-0.1, -0.05) is 38.0 Å². The average molecular weight is 474 g/mol. The van der Waals surface area contributed by atoms with Crippen molar-refractivity contribution in [2.45, 2.75) is 38.3 Å². The first kappa shape index (κ1) is 21.6. The Balaban J connectivity index is 1.27. The van der Waals surface area contributed by atoms with E-state index in [9.17, 15) is 4.79 Å². The molecule has 6 nitrogen and oxygen atoms in total. The van der Waals surface area contributed by atoms with Crippen LogP contribution < -0.4 is 4.90 Å². The number of pyridine rings is 1. The summed E-state index contributed by atoms with van der Waals surface area (Å²) in [7, 11) is 2.16. The van der Waals surface area contributed by atoms with Gasteiger partial charge in [0.05, 0.1) is 17.0 Å². The Morgan fingerprint density at radius 1 is 1.15 bits per heavy atom. The molecule has 2 saturated heterocycles. The number of fused-ring (bicyclic) bond motifs is 2. The molecule has 1 N–H and O–H groups in total. The summed E-state index contributed by atoms with van der Waals surface area (Å²) in [6.45, 7) is 6.30. The molecule has 2 aliphatic heterocycles. The van der Waals surface area contributed by atoms with Crippen molar-refractivity contribution in [1.82, 2.24) is 19.8 Å². The molecule has 0 saturated carbocycles. The Morgan fingerprint density at radius 2 is 1.97 bits per heavy atom. The second-order valence-corrected chi connectivity index (χ2v) is 10.7. The molecule has 2 aliphatic rings. The number of hydrogen-bond acceptors (Lipinski definition) is 5. The van der Waals surface area contributed by atoms with Gasteiger partial charge in [0.2, 0.25) is 0 Å². The van der Waals surface area contributed by atoms with Crippen LogP contribution >= 0.6 is 11.3 Å². The van der Waals surface area contributed by atoms with Crippen LogP contribution in [0.1, 0.15) is 47.5 Å². The summed E-state index contributed by atoms with van der Waals surface area (Å²) in [5.41, 5.74) is 2.37. The number of anilines is 1. The van der Waals surface area contributed by atoms with E-state index in [0.717, 1.165) is 71.9 Å². The van der Waals surface area contributed by atoms with Crippen LogP contribution in [0, 0.1) is 0 Å². The number of piperazine rings is 1. The smallest absolute Gasteiger partial charge is 0.264 e. The van der Waals surface area contributed by atoms with Gasteiger partial charge in [-0.25, -0.2) is 4.98 Å². The number of carbonyl (C=O) groups excluding carboxylic acids is 1. The second-order valence-electron chi connectivity index (χ2n) is 9.62. The van der Waals surface area contributed by atoms with Gasteiger partial charge in [0, 0.05) is 54.2 Å². The fourth-order valence-electron chi connectivity index (χ4n) is 5.32. The highest BCUT2D eigenvalue weighted by Gasteiger charge is 2.52. The number of unbranched alkanes of at least 4 members (excludes halogenated alkanes) is 1. The quantitative estimate of drug-likeness (QED) is 0.387. The predicted octanol–water partition coefficient (Wildman–Crippen LogP) is 5.29. The van der Waals surface area contributed by atoms with Gasteiger partial charge in [0.1, 0.15) is 10.6 Å². The summed E-state index contributed by atoms with van der Waals surface area (Å²) in [6.07, 6.45) is 5.41. The first-order valence-corrected chi connectivity index (χ1v) is 13.2. The van der Waals surface area contributed by atoms with E-state index in [1.807, 2.05) is 12.1 Å². The summed E-state index contributed by atoms with van der Waals surface area (Å²) >= 11 is 1.53. The van der Waals surface area contributed by atoms with Crippen LogP contribution in [0.25, 0.3) is 21.1 Å². The Kier molecular flexibility index (Phi) is 5.54. The summed E-state index contributed by atoms with van der Waals surface area (Å²) in [6, 6.07) is 15.1. The van der Waals surface area contributed by atoms with Gasteiger partial charge in [-0.15, -0.1) is 11.3 Å². The lowest BCUT2D eigenvalue weighted by molar-refractivity contribution is 0.0867. The number of nitrogens with one attached hydrogen (secondary N) is 1. The molecule has 1 aromatic carbocycles. The lowest BCUT2D eigenvalue weighted by Gasteiger charge is -2.33. The first-order chi connectivity index (χ1) is 16.6. The Bertz CT molecular complexity index is 1340. The molecule has 3 aromatic heterocycles. The summed E-state index contributed by atoms with van der Waals surface area (Å²) < 4.78 is 0. The Morgan fingerprint density at radius 3 is 2.79 bits per heavy atom. The van der Waals surface area contributed by atoms with Crippen molar-refractivity contribution in [3.63, 3.8) is 0 Å². The lowest BCUT2D eigenvalue weighted by atomic mass is 10.1. The average Bonchev–Trinajstić information content (AvgIpc) is 3.18. The van der Waals surface area contributed by atoms with Crippen molar-refractivity contribution >= 4 is 44.2 Å². The zero-order valence-electron chi connectivity index (χ0n) is 19.8. The summed E-state index contributed by atoms with van der Waals surface area (Å²) in [4.78, 5) is 30.6. The minimum Gasteiger partial charge on any atom is -0.361 e. The maximum atomic E-state index is 13.7. The number of aromatic nitrogens is 2. The molecule has 2 fully saturated rings. The molecule has 6 rings (SSSR count). The van der Waals surface area contributed by atoms with E-state index in [4.69, 9.17) is 4.98 Å². The molecule has 0 bridgehead atoms. The molecular formula is C27H31N5OS. The molecule has 0 radical (unpaired) electrons. The second kappa shape index (κ2) is 8.71. The molecule has 7 heteroatoms. The number of benzene rings is 1. The molecule has 2 atom stereocenters. The standard InChI is InChI=1S/C27H31N5OS/c1-3-4-9-22-25(20-17-28-21-8-6-5-7-19(20)21)32(22)27(33)23-16-18-10-11-24(29-26(18)34-23)31-14-12-30(2)13-15-31/h5-8,10-11,16-17,22,25,28H,3-4,9,12-15H2,1-2H3. The molecule has 176 valence electrons. The summed E-state index contributed by atoms with van der Waals surface area (Å²) in [5.74, 6) is 1.16. The van der Waals surface area contributed by atoms with Crippen molar-refractivity contribution in [3.8, 4) is 0 Å². The van der Waals surface area contributed by atoms with Crippen molar-refractivity contribution in [1.29, 1.82) is 0 Å². The van der Waals surface area contributed by atoms with Gasteiger partial charge in [-0.2, -0.15) is 0 Å². The topological polar surface area (TPSA) is 55.2 Å². The van der Waals surface area contributed by atoms with Crippen LogP contribution in [0.2, 0.25) is 0 Å². The lowest BCUT2D eigenvalue weighted by Crippen LogP contribution is -2.44. The van der Waals surface area contributed by atoms with E-state index in [-0.39, 0.29) is 18.0 Å². The molecule has 5 heterocycles. The number of para-hydroxylation sites is 1. The SMILES string of the molecule is CCCCC1C(c2c[nH]c3ccccc23)N1C(=O)c1cc2ccc(N3CCN(C)CC3)nc2s1. The highest BCUT2D eigenvalue weighted by atomic mass is 32.1. The number of aromatic amines is 1. The highest BCUT2D eigenvalue weighted by Crippen LogP contribution is 2.49. The van der Waals surface area contributed by atoms with Crippen LogP contribution in [-0.4, -0.2) is 64.9 Å². The molecule has 1 amide bonds. The Labute approximate surface area is 204 Å². The monoisotopic (exact) mass is 473 g/mol. The van der Waals surface area contributed by atoms with Crippen LogP contribution in [0.5, 0.6) is 0 Å². The maximum absolute atomic E-state index is 13.7. The van der Waals surface area contributed by atoms with E-state index in [1.54, 1.807) is 0 Å². The third kappa shape index (κ3) is 3.77. The van der Waals surface area contributed by atoms with E-state index in [0.29, 0.717) is 0 Å². The highest BCUT2D eigenvalue weighted by molar-refractivity contribution is 7.20. The zero-order valence-corrected chi connectivity index (χ0v) is 20.6. The molecular weight excluding hydrogens is 442 g/mol. The number of nitrogens with zero attached hydrogens (tertiary/aromatic N) is 4. The fraction of sp³-hybridized carbons (Fsp3) is 0.407. The van der Waals surface area contributed by atoms with Gasteiger partial charge < -0.3 is 19.7 Å². The van der Waals surface area contributed by atoms with Crippen molar-refractivity contribution < 1.29 is 4.79 Å². The van der Waals surface area contributed by atoms with Crippen molar-refractivity contribution in [2.24, 2.45) is 0 Å². The predicted molar refractivity (Wildman–Crippen MR) is 140 cm³/mol. The number of likely N-dealkylation sites (N-methyl/N-ethyl adjacent to an activating group) is 1. The third-order valence-electron chi connectivity index (χ3n) is 7.37. The minimum absolute atomic E-state index is 0.139. The molecule has 4 aromatic rings. The van der Waals surface area contributed by atoms with E-state index < -0.39 is 0 Å². The fourth-order valence-corrected chi connectivity index (χ4v) is 6.29. The first-order valence-electron chi connectivity index (χ1n) is 12.4. The van der Waals surface area contributed by atoms with Gasteiger partial charge >= 0.3 is 0 Å². The third-order valence-corrected chi connectivity index (χ3v) is 8.40. The minimum atomic E-state index is 0.139. The molecule has 2 unspecified atom stereocenters. The van der Waals surface area contributed by atoms with Gasteiger partial charge in [-0.3, -0.25) is 4.79 Å². The Hall–Kier alpha value is -2.90. The van der Waals surface area contributed by atoms with Crippen LogP contribution in [0.3, 0.4) is 0 Å². The zero-order chi connectivity index (χ0) is 23.2. The van der Waals surface area contributed by atoms with E-state index >= 15 is 0 Å². The normalized spacial score (nSPS) is 21.0. The van der Waals surface area contributed by atoms with E-state index in [1.165, 1.54) is 22.3 Å². The number of thiophene rings is 1. The van der Waals surface area contributed by atoms with Gasteiger partial charge in [0.25, 0.3) is 5.91 Å². The maximum Gasteiger partial charge on any atom is 0.264 e. The molecule has 0 spiro atoms. The molecule has 34 heavy (non-hydrogen) atoms. The molecule has 0 aliphatic carbocycles. The van der Waals surface area contributed by atoms with Crippen LogP contribution in [0.4, 0.5) is 5.82 Å². The van der Waals surface area contributed by atoms with Crippen molar-refractivity contribution in [2.75, 3.05) is 38.1 Å². The number of hydrogen-bond donors (Lipinski definition) is 1. The van der Waals surface area contributed by atoms with Crippen LogP contribution in [-0.2, 0) is 0 Å². The van der Waals surface area contributed by atoms with Crippen LogP contribution in [0.15, 0.2) is 48.7 Å². The number of H-pyrrole nitrogens is 1. The van der Waals surface area contributed by atoms with E-state index in [2.05, 4.69) is 70.2 Å². The van der Waals surface area contributed by atoms with Gasteiger partial charge in [-0.05, 0) is 37.7 Å². The van der Waals surface area contributed by atoms with Crippen molar-refractivity contribution in [3.05, 3.63) is 59.1 Å². The number of amides is 1. The summed E-state index contributed by atoms with van der Waals surface area (Å²) in [5, 5.41) is 2.28. The number of carbonyl (C=O) groups is 1. The van der Waals surface area contributed by atoms with Gasteiger partial charge in [0.15, 0.2) is 0 Å². The number of rotatable bonds is 6.